The molecule has 1 N–H and O–H groups in total. The van der Waals surface area contributed by atoms with Crippen LogP contribution in [0, 0.1) is 6.92 Å². The first-order valence-electron chi connectivity index (χ1n) is 9.80. The van der Waals surface area contributed by atoms with Gasteiger partial charge in [-0.15, -0.1) is 0 Å². The van der Waals surface area contributed by atoms with E-state index < -0.39 is 35.4 Å². The van der Waals surface area contributed by atoms with E-state index in [-0.39, 0.29) is 17.7 Å². The lowest BCUT2D eigenvalue weighted by atomic mass is 9.97. The minimum atomic E-state index is -0.961. The van der Waals surface area contributed by atoms with Gasteiger partial charge in [-0.25, -0.2) is 9.59 Å². The molecule has 1 heterocycles. The number of hydroxylamine groups is 2. The molecular weight excluding hydrogens is 400 g/mol. The van der Waals surface area contributed by atoms with E-state index in [0.717, 1.165) is 5.56 Å². The molecule has 0 fully saturated rings. The predicted octanol–water partition coefficient (Wildman–Crippen LogP) is 3.36. The average molecular weight is 424 g/mol. The number of aryl methyl sites for hydroxylation is 1. The highest BCUT2D eigenvalue weighted by molar-refractivity contribution is 6.20. The van der Waals surface area contributed by atoms with Crippen LogP contribution in [0.4, 0.5) is 4.79 Å². The van der Waals surface area contributed by atoms with Gasteiger partial charge in [-0.05, 0) is 45.4 Å². The third-order valence-corrected chi connectivity index (χ3v) is 4.52. The SMILES string of the molecule is Cc1cccc(C(CNC(=O)OC(C)(C)C)C(=O)ON2C(=O)c3ccccc3C2=O)c1. The van der Waals surface area contributed by atoms with E-state index in [2.05, 4.69) is 5.32 Å². The summed E-state index contributed by atoms with van der Waals surface area (Å²) in [7, 11) is 0. The molecule has 0 aromatic heterocycles. The zero-order valence-electron chi connectivity index (χ0n) is 17.8. The van der Waals surface area contributed by atoms with Crippen LogP contribution in [0.5, 0.6) is 0 Å². The smallest absolute Gasteiger partial charge is 0.407 e. The van der Waals surface area contributed by atoms with Crippen molar-refractivity contribution < 1.29 is 28.8 Å². The summed E-state index contributed by atoms with van der Waals surface area (Å²) in [4.78, 5) is 55.3. The van der Waals surface area contributed by atoms with Gasteiger partial charge in [0.15, 0.2) is 0 Å². The molecule has 0 saturated heterocycles. The topological polar surface area (TPSA) is 102 Å². The number of hydrogen-bond donors (Lipinski definition) is 1. The van der Waals surface area contributed by atoms with Gasteiger partial charge in [0, 0.05) is 6.54 Å². The summed E-state index contributed by atoms with van der Waals surface area (Å²) in [5.41, 5.74) is 1.09. The molecule has 0 bridgehead atoms. The fourth-order valence-corrected chi connectivity index (χ4v) is 3.13. The van der Waals surface area contributed by atoms with E-state index in [0.29, 0.717) is 10.6 Å². The van der Waals surface area contributed by atoms with E-state index in [1.54, 1.807) is 51.1 Å². The number of ether oxygens (including phenoxy) is 1. The van der Waals surface area contributed by atoms with Gasteiger partial charge in [-0.1, -0.05) is 47.0 Å². The highest BCUT2D eigenvalue weighted by Crippen LogP contribution is 2.25. The van der Waals surface area contributed by atoms with E-state index >= 15 is 0 Å². The third-order valence-electron chi connectivity index (χ3n) is 4.52. The van der Waals surface area contributed by atoms with Crippen molar-refractivity contribution in [2.45, 2.75) is 39.2 Å². The normalized spacial score (nSPS) is 14.1. The second kappa shape index (κ2) is 8.59. The molecule has 31 heavy (non-hydrogen) atoms. The standard InChI is InChI=1S/C23H24N2O6/c1-14-8-7-9-15(12-14)18(13-24-22(29)30-23(2,3)4)21(28)31-25-19(26)16-10-5-6-11-17(16)20(25)27/h5-12,18H,13H2,1-4H3,(H,24,29). The number of hydrogen-bond acceptors (Lipinski definition) is 6. The Kier molecular flexibility index (Phi) is 6.10. The first-order valence-corrected chi connectivity index (χ1v) is 9.80. The summed E-state index contributed by atoms with van der Waals surface area (Å²) in [6.45, 7) is 6.89. The fraction of sp³-hybridized carbons (Fsp3) is 0.304. The van der Waals surface area contributed by atoms with E-state index in [4.69, 9.17) is 9.57 Å². The summed E-state index contributed by atoms with van der Waals surface area (Å²) in [5.74, 6) is -3.23. The summed E-state index contributed by atoms with van der Waals surface area (Å²) < 4.78 is 5.22. The second-order valence-corrected chi connectivity index (χ2v) is 8.21. The number of carbonyl (C=O) groups is 4. The average Bonchev–Trinajstić information content (AvgIpc) is 2.92. The molecule has 0 saturated carbocycles. The molecule has 1 aliphatic heterocycles. The molecule has 0 aliphatic carbocycles. The molecule has 8 nitrogen and oxygen atoms in total. The van der Waals surface area contributed by atoms with Crippen molar-refractivity contribution in [3.8, 4) is 0 Å². The number of rotatable bonds is 5. The number of nitrogens with zero attached hydrogens (tertiary/aromatic N) is 1. The molecule has 0 spiro atoms. The highest BCUT2D eigenvalue weighted by Gasteiger charge is 2.40. The molecule has 1 aliphatic rings. The van der Waals surface area contributed by atoms with Crippen LogP contribution in [0.1, 0.15) is 58.5 Å². The number of nitrogens with one attached hydrogen (secondary N) is 1. The Hall–Kier alpha value is -3.68. The maximum Gasteiger partial charge on any atom is 0.407 e. The van der Waals surface area contributed by atoms with Gasteiger partial charge in [0.2, 0.25) is 0 Å². The van der Waals surface area contributed by atoms with Gasteiger partial charge in [0.05, 0.1) is 11.1 Å². The van der Waals surface area contributed by atoms with E-state index in [1.807, 2.05) is 13.0 Å². The molecule has 1 unspecified atom stereocenters. The van der Waals surface area contributed by atoms with Gasteiger partial charge >= 0.3 is 12.1 Å². The molecule has 3 rings (SSSR count). The molecule has 2 aromatic carbocycles. The van der Waals surface area contributed by atoms with Crippen LogP contribution in [0.25, 0.3) is 0 Å². The molecule has 162 valence electrons. The van der Waals surface area contributed by atoms with E-state index in [9.17, 15) is 19.2 Å². The number of benzene rings is 2. The van der Waals surface area contributed by atoms with Crippen molar-refractivity contribution in [1.82, 2.24) is 10.4 Å². The number of amides is 3. The summed E-state index contributed by atoms with van der Waals surface area (Å²) in [6.07, 6.45) is -0.696. The Balaban J connectivity index is 1.79. The van der Waals surface area contributed by atoms with Gasteiger partial charge in [-0.3, -0.25) is 9.59 Å². The Morgan fingerprint density at radius 2 is 1.61 bits per heavy atom. The molecular formula is C23H24N2O6. The number of fused-ring (bicyclic) bond motifs is 1. The lowest BCUT2D eigenvalue weighted by Crippen LogP contribution is -2.39. The van der Waals surface area contributed by atoms with Gasteiger partial charge in [0.25, 0.3) is 11.8 Å². The Bertz CT molecular complexity index is 1010. The Morgan fingerprint density at radius 3 is 2.16 bits per heavy atom. The van der Waals surface area contributed by atoms with E-state index in [1.165, 1.54) is 12.1 Å². The molecule has 3 amide bonds. The van der Waals surface area contributed by atoms with Crippen molar-refractivity contribution in [1.29, 1.82) is 0 Å². The van der Waals surface area contributed by atoms with Crippen molar-refractivity contribution in [3.63, 3.8) is 0 Å². The summed E-state index contributed by atoms with van der Waals surface area (Å²) in [5, 5.41) is 3.01. The first kappa shape index (κ1) is 22.0. The zero-order valence-corrected chi connectivity index (χ0v) is 17.8. The predicted molar refractivity (Wildman–Crippen MR) is 111 cm³/mol. The molecule has 2 aromatic rings. The minimum Gasteiger partial charge on any atom is -0.444 e. The molecule has 0 radical (unpaired) electrons. The second-order valence-electron chi connectivity index (χ2n) is 8.21. The number of imide groups is 1. The van der Waals surface area contributed by atoms with Gasteiger partial charge in [-0.2, -0.15) is 0 Å². The largest absolute Gasteiger partial charge is 0.444 e. The van der Waals surface area contributed by atoms with Crippen molar-refractivity contribution >= 4 is 23.9 Å². The molecule has 1 atom stereocenters. The first-order chi connectivity index (χ1) is 14.6. The van der Waals surface area contributed by atoms with Gasteiger partial charge in [0.1, 0.15) is 11.5 Å². The quantitative estimate of drug-likeness (QED) is 0.739. The maximum absolute atomic E-state index is 13.0. The van der Waals surface area contributed by atoms with Crippen molar-refractivity contribution in [2.75, 3.05) is 6.54 Å². The van der Waals surface area contributed by atoms with Crippen LogP contribution < -0.4 is 5.32 Å². The maximum atomic E-state index is 13.0. The number of carbonyl (C=O) groups excluding carboxylic acids is 4. The van der Waals surface area contributed by atoms with Crippen LogP contribution in [0.15, 0.2) is 48.5 Å². The van der Waals surface area contributed by atoms with Crippen LogP contribution in [0.3, 0.4) is 0 Å². The molecule has 8 heteroatoms. The summed E-state index contributed by atoms with van der Waals surface area (Å²) in [6, 6.07) is 13.3. The van der Waals surface area contributed by atoms with Crippen LogP contribution >= 0.6 is 0 Å². The zero-order chi connectivity index (χ0) is 22.8. The number of alkyl carbamates (subject to hydrolysis) is 1. The summed E-state index contributed by atoms with van der Waals surface area (Å²) >= 11 is 0. The van der Waals surface area contributed by atoms with Gasteiger partial charge < -0.3 is 14.9 Å². The van der Waals surface area contributed by atoms with Crippen LogP contribution in [-0.4, -0.2) is 41.1 Å². The monoisotopic (exact) mass is 424 g/mol. The fourth-order valence-electron chi connectivity index (χ4n) is 3.13. The lowest BCUT2D eigenvalue weighted by molar-refractivity contribution is -0.170. The van der Waals surface area contributed by atoms with Crippen molar-refractivity contribution in [3.05, 3.63) is 70.8 Å². The minimum absolute atomic E-state index is 0.139. The third kappa shape index (κ3) is 5.09. The van der Waals surface area contributed by atoms with Crippen LogP contribution in [-0.2, 0) is 14.4 Å². The lowest BCUT2D eigenvalue weighted by Gasteiger charge is -2.22. The highest BCUT2D eigenvalue weighted by atomic mass is 16.7. The van der Waals surface area contributed by atoms with Crippen molar-refractivity contribution in [2.24, 2.45) is 0 Å². The van der Waals surface area contributed by atoms with Crippen LogP contribution in [0.2, 0.25) is 0 Å². The Morgan fingerprint density at radius 1 is 1.00 bits per heavy atom. The Labute approximate surface area is 180 Å².